The Morgan fingerprint density at radius 1 is 1.38 bits per heavy atom. The van der Waals surface area contributed by atoms with E-state index in [9.17, 15) is 0 Å². The van der Waals surface area contributed by atoms with E-state index in [1.54, 1.807) is 6.08 Å². The molecule has 0 aromatic carbocycles. The number of hydrogen-bond acceptors (Lipinski definition) is 4. The molecule has 3 saturated heterocycles. The fraction of sp³-hybridized carbons (Fsp3) is 0.778. The Hall–Kier alpha value is -0.420. The van der Waals surface area contributed by atoms with Crippen LogP contribution < -0.4 is 0 Å². The zero-order valence-corrected chi connectivity index (χ0v) is 7.22. The Morgan fingerprint density at radius 2 is 2.31 bits per heavy atom. The van der Waals surface area contributed by atoms with E-state index in [2.05, 4.69) is 6.58 Å². The average Bonchev–Trinajstić information content (AvgIpc) is 2.82. The molecule has 4 nitrogen and oxygen atoms in total. The van der Waals surface area contributed by atoms with E-state index in [-0.39, 0.29) is 30.7 Å². The van der Waals surface area contributed by atoms with Crippen molar-refractivity contribution in [1.82, 2.24) is 0 Å². The predicted molar refractivity (Wildman–Crippen MR) is 43.2 cm³/mol. The van der Waals surface area contributed by atoms with Crippen molar-refractivity contribution in [3.8, 4) is 0 Å². The van der Waals surface area contributed by atoms with Gasteiger partial charge >= 0.3 is 0 Å². The summed E-state index contributed by atoms with van der Waals surface area (Å²) in [6.07, 6.45) is 1.97. The van der Waals surface area contributed by atoms with Gasteiger partial charge in [0.1, 0.15) is 24.4 Å². The predicted octanol–water partition coefficient (Wildman–Crippen LogP) is 0.0801. The highest BCUT2D eigenvalue weighted by Crippen LogP contribution is 2.42. The molecule has 3 aliphatic rings. The molecule has 3 rings (SSSR count). The minimum Gasteiger partial charge on any atom is -0.369 e. The third-order valence-corrected chi connectivity index (χ3v) is 2.66. The van der Waals surface area contributed by atoms with Crippen LogP contribution in [0.15, 0.2) is 12.7 Å². The summed E-state index contributed by atoms with van der Waals surface area (Å²) in [7, 11) is 0. The highest BCUT2D eigenvalue weighted by atomic mass is 16.8. The van der Waals surface area contributed by atoms with Crippen molar-refractivity contribution < 1.29 is 18.9 Å². The van der Waals surface area contributed by atoms with Gasteiger partial charge in [0.15, 0.2) is 6.29 Å². The molecule has 4 heteroatoms. The standard InChI is InChI=1S/C9H12O4/c1-2-3-10-6-5-4-11-9(12-5)8-7(6)13-8/h2,5-9H,1,3-4H2. The molecule has 0 spiro atoms. The molecule has 0 aromatic heterocycles. The van der Waals surface area contributed by atoms with E-state index in [1.165, 1.54) is 0 Å². The average molecular weight is 184 g/mol. The Morgan fingerprint density at radius 3 is 3.15 bits per heavy atom. The molecule has 3 fully saturated rings. The van der Waals surface area contributed by atoms with Crippen molar-refractivity contribution >= 4 is 0 Å². The molecule has 0 saturated carbocycles. The van der Waals surface area contributed by atoms with E-state index in [4.69, 9.17) is 18.9 Å². The molecular weight excluding hydrogens is 172 g/mol. The van der Waals surface area contributed by atoms with Crippen LogP contribution in [0.25, 0.3) is 0 Å². The first kappa shape index (κ1) is 7.94. The highest BCUT2D eigenvalue weighted by molar-refractivity contribution is 5.04. The molecule has 5 atom stereocenters. The second-order valence-electron chi connectivity index (χ2n) is 3.53. The molecule has 0 radical (unpaired) electrons. The fourth-order valence-corrected chi connectivity index (χ4v) is 2.00. The third-order valence-electron chi connectivity index (χ3n) is 2.66. The summed E-state index contributed by atoms with van der Waals surface area (Å²) in [6.45, 7) is 4.78. The van der Waals surface area contributed by atoms with Gasteiger partial charge in [-0.1, -0.05) is 6.08 Å². The van der Waals surface area contributed by atoms with Crippen LogP contribution in [-0.4, -0.2) is 43.9 Å². The van der Waals surface area contributed by atoms with Crippen molar-refractivity contribution in [2.45, 2.75) is 30.7 Å². The molecule has 2 bridgehead atoms. The maximum Gasteiger partial charge on any atom is 0.187 e. The second kappa shape index (κ2) is 2.78. The molecule has 3 heterocycles. The van der Waals surface area contributed by atoms with E-state index in [1.807, 2.05) is 0 Å². The number of rotatable bonds is 3. The van der Waals surface area contributed by atoms with E-state index in [0.29, 0.717) is 13.2 Å². The smallest absolute Gasteiger partial charge is 0.187 e. The Bertz CT molecular complexity index is 230. The molecule has 0 aromatic rings. The van der Waals surface area contributed by atoms with Crippen LogP contribution in [0.3, 0.4) is 0 Å². The van der Waals surface area contributed by atoms with Gasteiger partial charge < -0.3 is 18.9 Å². The number of ether oxygens (including phenoxy) is 4. The van der Waals surface area contributed by atoms with Gasteiger partial charge in [-0.05, 0) is 0 Å². The summed E-state index contributed by atoms with van der Waals surface area (Å²) in [5, 5.41) is 0. The van der Waals surface area contributed by atoms with Crippen LogP contribution in [0.1, 0.15) is 0 Å². The summed E-state index contributed by atoms with van der Waals surface area (Å²) in [5.41, 5.74) is 0. The van der Waals surface area contributed by atoms with E-state index in [0.717, 1.165) is 0 Å². The lowest BCUT2D eigenvalue weighted by molar-refractivity contribution is -0.115. The van der Waals surface area contributed by atoms with Crippen LogP contribution in [0, 0.1) is 0 Å². The lowest BCUT2D eigenvalue weighted by Gasteiger charge is -2.23. The first-order chi connectivity index (χ1) is 6.40. The first-order valence-corrected chi connectivity index (χ1v) is 4.55. The normalized spacial score (nSPS) is 51.5. The molecule has 0 N–H and O–H groups in total. The van der Waals surface area contributed by atoms with Gasteiger partial charge in [-0.3, -0.25) is 0 Å². The molecule has 72 valence electrons. The molecule has 0 aliphatic carbocycles. The minimum absolute atomic E-state index is 0.0294. The van der Waals surface area contributed by atoms with Crippen LogP contribution in [0.5, 0.6) is 0 Å². The zero-order chi connectivity index (χ0) is 8.84. The maximum atomic E-state index is 5.57. The summed E-state index contributed by atoms with van der Waals surface area (Å²) < 4.78 is 21.9. The summed E-state index contributed by atoms with van der Waals surface area (Å²) in [6, 6.07) is 0. The Kier molecular flexibility index (Phi) is 1.70. The van der Waals surface area contributed by atoms with Gasteiger partial charge in [0.25, 0.3) is 0 Å². The third kappa shape index (κ3) is 1.14. The number of epoxide rings is 1. The lowest BCUT2D eigenvalue weighted by Crippen LogP contribution is -2.41. The largest absolute Gasteiger partial charge is 0.369 e. The van der Waals surface area contributed by atoms with Crippen LogP contribution >= 0.6 is 0 Å². The van der Waals surface area contributed by atoms with E-state index < -0.39 is 0 Å². The Labute approximate surface area is 76.4 Å². The molecule has 13 heavy (non-hydrogen) atoms. The molecular formula is C9H12O4. The fourth-order valence-electron chi connectivity index (χ4n) is 2.00. The highest BCUT2D eigenvalue weighted by Gasteiger charge is 2.61. The van der Waals surface area contributed by atoms with Crippen LogP contribution in [-0.2, 0) is 18.9 Å². The number of fused-ring (bicyclic) bond motifs is 4. The van der Waals surface area contributed by atoms with Crippen LogP contribution in [0.4, 0.5) is 0 Å². The summed E-state index contributed by atoms with van der Waals surface area (Å²) in [5.74, 6) is 0. The number of hydrogen-bond donors (Lipinski definition) is 0. The van der Waals surface area contributed by atoms with Gasteiger partial charge in [-0.2, -0.15) is 0 Å². The first-order valence-electron chi connectivity index (χ1n) is 4.55. The quantitative estimate of drug-likeness (QED) is 0.460. The monoisotopic (exact) mass is 184 g/mol. The van der Waals surface area contributed by atoms with E-state index >= 15 is 0 Å². The minimum atomic E-state index is -0.140. The van der Waals surface area contributed by atoms with Gasteiger partial charge in [-0.25, -0.2) is 0 Å². The zero-order valence-electron chi connectivity index (χ0n) is 7.22. The van der Waals surface area contributed by atoms with Crippen molar-refractivity contribution in [2.75, 3.05) is 13.2 Å². The lowest BCUT2D eigenvalue weighted by atomic mass is 10.1. The summed E-state index contributed by atoms with van der Waals surface area (Å²) in [4.78, 5) is 0. The summed E-state index contributed by atoms with van der Waals surface area (Å²) >= 11 is 0. The van der Waals surface area contributed by atoms with Crippen molar-refractivity contribution in [3.63, 3.8) is 0 Å². The van der Waals surface area contributed by atoms with Crippen molar-refractivity contribution in [3.05, 3.63) is 12.7 Å². The molecule has 3 aliphatic heterocycles. The SMILES string of the molecule is C=CCOC1C2COC(O2)C2OC12. The van der Waals surface area contributed by atoms with Gasteiger partial charge in [0, 0.05) is 0 Å². The van der Waals surface area contributed by atoms with Crippen molar-refractivity contribution in [1.29, 1.82) is 0 Å². The topological polar surface area (TPSA) is 40.2 Å². The second-order valence-corrected chi connectivity index (χ2v) is 3.53. The maximum absolute atomic E-state index is 5.57. The van der Waals surface area contributed by atoms with Gasteiger partial charge in [0.05, 0.1) is 13.2 Å². The van der Waals surface area contributed by atoms with Crippen LogP contribution in [0.2, 0.25) is 0 Å². The van der Waals surface area contributed by atoms with Crippen molar-refractivity contribution in [2.24, 2.45) is 0 Å². The molecule has 0 amide bonds. The Balaban J connectivity index is 1.69. The van der Waals surface area contributed by atoms with Gasteiger partial charge in [0.2, 0.25) is 0 Å². The molecule has 5 unspecified atom stereocenters. The van der Waals surface area contributed by atoms with Gasteiger partial charge in [-0.15, -0.1) is 6.58 Å².